The third-order valence-electron chi connectivity index (χ3n) is 7.40. The molecule has 0 N–H and O–H groups in total. The van der Waals surface area contributed by atoms with Crippen molar-refractivity contribution >= 4 is 22.7 Å². The van der Waals surface area contributed by atoms with E-state index in [1.165, 1.54) is 11.1 Å². The van der Waals surface area contributed by atoms with Gasteiger partial charge in [-0.05, 0) is 71.3 Å². The molecule has 4 unspecified atom stereocenters. The van der Waals surface area contributed by atoms with Crippen molar-refractivity contribution in [1.82, 2.24) is 0 Å². The molecule has 4 atom stereocenters. The fourth-order valence-corrected chi connectivity index (χ4v) is 5.60. The Balaban J connectivity index is 1.73. The van der Waals surface area contributed by atoms with Gasteiger partial charge in [-0.25, -0.2) is 9.59 Å². The third-order valence-corrected chi connectivity index (χ3v) is 7.40. The van der Waals surface area contributed by atoms with Crippen LogP contribution in [0.1, 0.15) is 76.5 Å². The number of fused-ring (bicyclic) bond motifs is 6. The van der Waals surface area contributed by atoms with E-state index < -0.39 is 24.1 Å². The summed E-state index contributed by atoms with van der Waals surface area (Å²) in [5.41, 5.74) is 4.23. The fourth-order valence-electron chi connectivity index (χ4n) is 5.60. The van der Waals surface area contributed by atoms with E-state index in [4.69, 9.17) is 18.9 Å². The Bertz CT molecular complexity index is 1270. The molecule has 2 aromatic carbocycles. The molecular formula is C31H38O6. The summed E-state index contributed by atoms with van der Waals surface area (Å²) in [7, 11) is 0. The van der Waals surface area contributed by atoms with Crippen LogP contribution in [0.4, 0.5) is 0 Å². The molecule has 198 valence electrons. The standard InChI is InChI=1S/C31H38O6/c1-17(2)29(32)36-20(6)15-34-27-24-13-19(5)9-10-23(24)28(35-16-21(7)37-30(33)18(3)4)26-25(27)22-11-12-31(26,8)14-22/h9-10,13,20-22H,1,3,11-12,14-16H2,2,4-8H3. The number of hydrogen-bond donors (Lipinski definition) is 0. The first-order valence-corrected chi connectivity index (χ1v) is 13.0. The summed E-state index contributed by atoms with van der Waals surface area (Å²) in [5, 5.41) is 1.95. The molecule has 0 saturated heterocycles. The van der Waals surface area contributed by atoms with Crippen LogP contribution in [0.25, 0.3) is 10.8 Å². The number of benzene rings is 2. The number of ether oxygens (including phenoxy) is 4. The van der Waals surface area contributed by atoms with E-state index in [0.29, 0.717) is 17.1 Å². The molecule has 2 aliphatic carbocycles. The second-order valence-corrected chi connectivity index (χ2v) is 11.1. The summed E-state index contributed by atoms with van der Waals surface area (Å²) in [6, 6.07) is 6.28. The summed E-state index contributed by atoms with van der Waals surface area (Å²) < 4.78 is 23.9. The van der Waals surface area contributed by atoms with Gasteiger partial charge in [-0.2, -0.15) is 0 Å². The van der Waals surface area contributed by atoms with Crippen molar-refractivity contribution in [3.05, 3.63) is 59.2 Å². The van der Waals surface area contributed by atoms with Gasteiger partial charge < -0.3 is 18.9 Å². The number of esters is 2. The zero-order valence-corrected chi connectivity index (χ0v) is 22.9. The Morgan fingerprint density at radius 1 is 0.973 bits per heavy atom. The van der Waals surface area contributed by atoms with Gasteiger partial charge in [-0.3, -0.25) is 0 Å². The van der Waals surface area contributed by atoms with Crippen LogP contribution in [0.3, 0.4) is 0 Å². The highest BCUT2D eigenvalue weighted by Gasteiger charge is 2.50. The number of rotatable bonds is 10. The molecule has 2 aromatic rings. The highest BCUT2D eigenvalue weighted by Crippen LogP contribution is 2.64. The van der Waals surface area contributed by atoms with Crippen LogP contribution in [0.15, 0.2) is 42.5 Å². The number of hydrogen-bond acceptors (Lipinski definition) is 6. The minimum Gasteiger partial charge on any atom is -0.489 e. The predicted molar refractivity (Wildman–Crippen MR) is 144 cm³/mol. The Hall–Kier alpha value is -3.28. The van der Waals surface area contributed by atoms with Crippen LogP contribution in [-0.4, -0.2) is 37.4 Å². The summed E-state index contributed by atoms with van der Waals surface area (Å²) in [4.78, 5) is 24.0. The van der Waals surface area contributed by atoms with Gasteiger partial charge in [0.1, 0.15) is 36.9 Å². The summed E-state index contributed by atoms with van der Waals surface area (Å²) in [6.45, 7) is 19.1. The van der Waals surface area contributed by atoms with E-state index in [0.717, 1.165) is 47.1 Å². The van der Waals surface area contributed by atoms with Crippen molar-refractivity contribution in [1.29, 1.82) is 0 Å². The molecule has 0 amide bonds. The molecule has 1 fully saturated rings. The minimum absolute atomic E-state index is 0.0117. The van der Waals surface area contributed by atoms with E-state index >= 15 is 0 Å². The van der Waals surface area contributed by atoms with Crippen LogP contribution >= 0.6 is 0 Å². The SMILES string of the molecule is C=C(C)C(=O)OC(C)COc1c2c(c(OCC(C)OC(=O)C(=C)C)c3ccc(C)cc13)C1(C)CCC2C1. The number of carbonyl (C=O) groups excluding carboxylic acids is 2. The molecule has 2 bridgehead atoms. The highest BCUT2D eigenvalue weighted by molar-refractivity contribution is 5.98. The molecule has 37 heavy (non-hydrogen) atoms. The van der Waals surface area contributed by atoms with Crippen molar-refractivity contribution in [2.75, 3.05) is 13.2 Å². The Morgan fingerprint density at radius 2 is 1.54 bits per heavy atom. The molecule has 6 heteroatoms. The van der Waals surface area contributed by atoms with E-state index in [1.807, 2.05) is 13.8 Å². The van der Waals surface area contributed by atoms with Crippen LogP contribution in [0, 0.1) is 6.92 Å². The lowest BCUT2D eigenvalue weighted by Crippen LogP contribution is -2.25. The monoisotopic (exact) mass is 506 g/mol. The van der Waals surface area contributed by atoms with Gasteiger partial charge in [-0.1, -0.05) is 37.8 Å². The van der Waals surface area contributed by atoms with Gasteiger partial charge >= 0.3 is 11.9 Å². The Labute approximate surface area is 219 Å². The van der Waals surface area contributed by atoms with Crippen molar-refractivity contribution in [2.45, 2.75) is 84.3 Å². The quantitative estimate of drug-likeness (QED) is 0.272. The van der Waals surface area contributed by atoms with Crippen molar-refractivity contribution < 1.29 is 28.5 Å². The molecule has 4 rings (SSSR count). The van der Waals surface area contributed by atoms with Crippen molar-refractivity contribution in [2.24, 2.45) is 0 Å². The van der Waals surface area contributed by atoms with Crippen LogP contribution < -0.4 is 9.47 Å². The van der Waals surface area contributed by atoms with Gasteiger partial charge in [0.2, 0.25) is 0 Å². The van der Waals surface area contributed by atoms with Gasteiger partial charge in [-0.15, -0.1) is 0 Å². The summed E-state index contributed by atoms with van der Waals surface area (Å²) in [5.74, 6) is 1.25. The van der Waals surface area contributed by atoms with Gasteiger partial charge in [0, 0.05) is 33.0 Å². The van der Waals surface area contributed by atoms with Crippen molar-refractivity contribution in [3.63, 3.8) is 0 Å². The van der Waals surface area contributed by atoms with E-state index in [2.05, 4.69) is 45.2 Å². The maximum absolute atomic E-state index is 12.0. The zero-order chi connectivity index (χ0) is 27.1. The van der Waals surface area contributed by atoms with Gasteiger partial charge in [0.15, 0.2) is 0 Å². The van der Waals surface area contributed by atoms with E-state index in [1.54, 1.807) is 13.8 Å². The first-order chi connectivity index (χ1) is 17.4. The largest absolute Gasteiger partial charge is 0.489 e. The topological polar surface area (TPSA) is 71.1 Å². The normalized spacial score (nSPS) is 21.2. The highest BCUT2D eigenvalue weighted by atomic mass is 16.6. The molecule has 6 nitrogen and oxygen atoms in total. The predicted octanol–water partition coefficient (Wildman–Crippen LogP) is 6.46. The maximum atomic E-state index is 12.0. The Kier molecular flexibility index (Phi) is 7.40. The lowest BCUT2D eigenvalue weighted by molar-refractivity contribution is -0.145. The maximum Gasteiger partial charge on any atom is 0.333 e. The van der Waals surface area contributed by atoms with Crippen LogP contribution in [-0.2, 0) is 24.5 Å². The molecule has 0 heterocycles. The molecular weight excluding hydrogens is 468 g/mol. The molecule has 2 aliphatic rings. The third kappa shape index (κ3) is 5.25. The average Bonchev–Trinajstić information content (AvgIpc) is 3.35. The second-order valence-electron chi connectivity index (χ2n) is 11.1. The van der Waals surface area contributed by atoms with E-state index in [9.17, 15) is 9.59 Å². The minimum atomic E-state index is -0.425. The Morgan fingerprint density at radius 3 is 2.11 bits per heavy atom. The molecule has 0 aromatic heterocycles. The second kappa shape index (κ2) is 10.2. The molecule has 1 saturated carbocycles. The van der Waals surface area contributed by atoms with Gasteiger partial charge in [0.25, 0.3) is 0 Å². The average molecular weight is 507 g/mol. The first kappa shape index (κ1) is 26.8. The molecule has 0 aliphatic heterocycles. The van der Waals surface area contributed by atoms with Crippen LogP contribution in [0.2, 0.25) is 0 Å². The van der Waals surface area contributed by atoms with Crippen LogP contribution in [0.5, 0.6) is 11.5 Å². The summed E-state index contributed by atoms with van der Waals surface area (Å²) >= 11 is 0. The van der Waals surface area contributed by atoms with Gasteiger partial charge in [0.05, 0.1) is 0 Å². The fraction of sp³-hybridized carbons (Fsp3) is 0.484. The number of aryl methyl sites for hydroxylation is 1. The van der Waals surface area contributed by atoms with Crippen molar-refractivity contribution in [3.8, 4) is 11.5 Å². The molecule has 0 spiro atoms. The van der Waals surface area contributed by atoms with E-state index in [-0.39, 0.29) is 18.6 Å². The lowest BCUT2D eigenvalue weighted by Gasteiger charge is -2.31. The summed E-state index contributed by atoms with van der Waals surface area (Å²) in [6.07, 6.45) is 2.39. The lowest BCUT2D eigenvalue weighted by atomic mass is 9.78. The molecule has 0 radical (unpaired) electrons. The smallest absolute Gasteiger partial charge is 0.333 e. The zero-order valence-electron chi connectivity index (χ0n) is 22.9. The number of carbonyl (C=O) groups is 2. The first-order valence-electron chi connectivity index (χ1n) is 13.0.